The van der Waals surface area contributed by atoms with Gasteiger partial charge >= 0.3 is 5.97 Å². The largest absolute Gasteiger partial charge is 0.478 e. The Balaban J connectivity index is 2.85. The van der Waals surface area contributed by atoms with Crippen molar-refractivity contribution in [3.05, 3.63) is 28.0 Å². The summed E-state index contributed by atoms with van der Waals surface area (Å²) in [5, 5.41) is 12.0. The van der Waals surface area contributed by atoms with E-state index in [4.69, 9.17) is 5.11 Å². The summed E-state index contributed by atoms with van der Waals surface area (Å²) in [5.74, 6) is -1.74. The predicted molar refractivity (Wildman–Crippen MR) is 81.9 cm³/mol. The highest BCUT2D eigenvalue weighted by Gasteiger charge is 2.21. The second kappa shape index (κ2) is 6.54. The third-order valence-corrected chi connectivity index (χ3v) is 3.59. The third kappa shape index (κ3) is 4.45. The predicted octanol–water partition coefficient (Wildman–Crippen LogP) is 3.29. The number of benzene rings is 1. The molecule has 1 aromatic carbocycles. The third-order valence-electron chi connectivity index (χ3n) is 2.81. The van der Waals surface area contributed by atoms with Crippen LogP contribution in [0.1, 0.15) is 24.2 Å². The number of hydrogen-bond donors (Lipinski definition) is 2. The summed E-state index contributed by atoms with van der Waals surface area (Å²) >= 11 is 2.99. The normalized spacial score (nSPS) is 11.8. The first kappa shape index (κ1) is 16.9. The van der Waals surface area contributed by atoms with Gasteiger partial charge in [0.1, 0.15) is 0 Å². The Morgan fingerprint density at radius 1 is 1.45 bits per heavy atom. The molecular weight excluding hydrogens is 327 g/mol. The van der Waals surface area contributed by atoms with Crippen LogP contribution in [0.5, 0.6) is 0 Å². The number of aromatic carboxylic acids is 1. The van der Waals surface area contributed by atoms with Crippen LogP contribution in [0.2, 0.25) is 0 Å². The second-order valence-corrected chi connectivity index (χ2v) is 6.64. The minimum atomic E-state index is -1.16. The van der Waals surface area contributed by atoms with E-state index in [0.717, 1.165) is 6.54 Å². The van der Waals surface area contributed by atoms with E-state index in [1.807, 2.05) is 14.1 Å². The van der Waals surface area contributed by atoms with Crippen LogP contribution in [0.4, 0.5) is 10.1 Å². The molecule has 0 bridgehead atoms. The first-order valence-electron chi connectivity index (χ1n) is 6.24. The molecule has 0 unspecified atom stereocenters. The topological polar surface area (TPSA) is 52.6 Å². The number of carboxylic acids is 1. The van der Waals surface area contributed by atoms with Crippen molar-refractivity contribution in [2.24, 2.45) is 5.41 Å². The number of hydrogen-bond acceptors (Lipinski definition) is 3. The number of nitrogens with zero attached hydrogens (tertiary/aromatic N) is 1. The summed E-state index contributed by atoms with van der Waals surface area (Å²) in [6.45, 7) is 5.61. The number of anilines is 1. The van der Waals surface area contributed by atoms with Crippen LogP contribution in [0, 0.1) is 11.2 Å². The minimum Gasteiger partial charge on any atom is -0.478 e. The lowest BCUT2D eigenvalue weighted by molar-refractivity contribution is 0.0695. The number of carboxylic acid groups (broad SMARTS) is 1. The Hall–Kier alpha value is -1.14. The molecule has 0 aliphatic heterocycles. The van der Waals surface area contributed by atoms with Crippen molar-refractivity contribution in [1.82, 2.24) is 4.90 Å². The van der Waals surface area contributed by atoms with Crippen LogP contribution in [-0.2, 0) is 0 Å². The molecule has 0 fully saturated rings. The van der Waals surface area contributed by atoms with Crippen LogP contribution in [0.3, 0.4) is 0 Å². The van der Waals surface area contributed by atoms with Crippen molar-refractivity contribution >= 4 is 27.6 Å². The van der Waals surface area contributed by atoms with Crippen LogP contribution >= 0.6 is 15.9 Å². The summed E-state index contributed by atoms with van der Waals surface area (Å²) in [6.07, 6.45) is 0. The van der Waals surface area contributed by atoms with Crippen LogP contribution < -0.4 is 5.32 Å². The molecule has 0 saturated carbocycles. The number of carbonyl (C=O) groups is 1. The average Bonchev–Trinajstić information content (AvgIpc) is 2.29. The molecule has 0 radical (unpaired) electrons. The van der Waals surface area contributed by atoms with Crippen LogP contribution in [0.25, 0.3) is 0 Å². The lowest BCUT2D eigenvalue weighted by Gasteiger charge is -2.29. The van der Waals surface area contributed by atoms with E-state index in [2.05, 4.69) is 40.0 Å². The van der Waals surface area contributed by atoms with E-state index < -0.39 is 11.8 Å². The second-order valence-electron chi connectivity index (χ2n) is 5.85. The zero-order valence-corrected chi connectivity index (χ0v) is 13.7. The first-order chi connectivity index (χ1) is 9.14. The van der Waals surface area contributed by atoms with Crippen LogP contribution in [-0.4, -0.2) is 43.2 Å². The average molecular weight is 347 g/mol. The van der Waals surface area contributed by atoms with Gasteiger partial charge in [0.2, 0.25) is 0 Å². The quantitative estimate of drug-likeness (QED) is 0.829. The SMILES string of the molecule is CN(C)CC(C)(C)CNc1ccc(C(=O)O)c(Br)c1F. The van der Waals surface area contributed by atoms with Gasteiger partial charge in [0.25, 0.3) is 0 Å². The van der Waals surface area contributed by atoms with Gasteiger partial charge in [-0.1, -0.05) is 13.8 Å². The number of rotatable bonds is 6. The fourth-order valence-corrected chi connectivity index (χ4v) is 2.61. The van der Waals surface area contributed by atoms with E-state index in [0.29, 0.717) is 12.2 Å². The smallest absolute Gasteiger partial charge is 0.336 e. The van der Waals surface area contributed by atoms with Crippen molar-refractivity contribution in [3.63, 3.8) is 0 Å². The molecule has 0 spiro atoms. The van der Waals surface area contributed by atoms with Crippen molar-refractivity contribution in [2.75, 3.05) is 32.5 Å². The number of halogens is 2. The van der Waals surface area contributed by atoms with Gasteiger partial charge in [-0.2, -0.15) is 0 Å². The van der Waals surface area contributed by atoms with Gasteiger partial charge in [0.05, 0.1) is 15.7 Å². The summed E-state index contributed by atoms with van der Waals surface area (Å²) < 4.78 is 14.0. The van der Waals surface area contributed by atoms with Gasteiger partial charge < -0.3 is 15.3 Å². The molecule has 1 aromatic rings. The highest BCUT2D eigenvalue weighted by atomic mass is 79.9. The highest BCUT2D eigenvalue weighted by Crippen LogP contribution is 2.28. The molecule has 2 N–H and O–H groups in total. The number of nitrogens with one attached hydrogen (secondary N) is 1. The molecule has 6 heteroatoms. The van der Waals surface area contributed by atoms with E-state index >= 15 is 0 Å². The van der Waals surface area contributed by atoms with E-state index in [1.54, 1.807) is 0 Å². The van der Waals surface area contributed by atoms with Gasteiger partial charge in [-0.15, -0.1) is 0 Å². The van der Waals surface area contributed by atoms with E-state index in [9.17, 15) is 9.18 Å². The summed E-state index contributed by atoms with van der Waals surface area (Å²) in [6, 6.07) is 2.84. The zero-order chi connectivity index (χ0) is 15.5. The molecule has 0 atom stereocenters. The minimum absolute atomic E-state index is 0.0274. The molecule has 20 heavy (non-hydrogen) atoms. The monoisotopic (exact) mass is 346 g/mol. The lowest BCUT2D eigenvalue weighted by Crippen LogP contribution is -2.34. The first-order valence-corrected chi connectivity index (χ1v) is 7.03. The molecule has 0 amide bonds. The molecule has 0 aliphatic carbocycles. The van der Waals surface area contributed by atoms with Gasteiger partial charge in [-0.05, 0) is 47.6 Å². The highest BCUT2D eigenvalue weighted by molar-refractivity contribution is 9.10. The van der Waals surface area contributed by atoms with Gasteiger partial charge in [-0.3, -0.25) is 0 Å². The maximum absolute atomic E-state index is 14.1. The molecule has 112 valence electrons. The standard InChI is InChI=1S/C14H20BrFN2O2/c1-14(2,8-18(3)4)7-17-10-6-5-9(13(19)20)11(15)12(10)16/h5-6,17H,7-8H2,1-4H3,(H,19,20). The van der Waals surface area contributed by atoms with Crippen molar-refractivity contribution in [2.45, 2.75) is 13.8 Å². The molecule has 4 nitrogen and oxygen atoms in total. The maximum Gasteiger partial charge on any atom is 0.336 e. The molecule has 0 aliphatic rings. The molecule has 0 heterocycles. The maximum atomic E-state index is 14.1. The van der Waals surface area contributed by atoms with Gasteiger partial charge in [-0.25, -0.2) is 9.18 Å². The summed E-state index contributed by atoms with van der Waals surface area (Å²) in [4.78, 5) is 13.0. The molecule has 0 aromatic heterocycles. The van der Waals surface area contributed by atoms with Crippen molar-refractivity contribution < 1.29 is 14.3 Å². The van der Waals surface area contributed by atoms with Gasteiger partial charge in [0, 0.05) is 13.1 Å². The Labute approximate surface area is 127 Å². The summed E-state index contributed by atoms with van der Waals surface area (Å²) in [7, 11) is 3.97. The molecule has 1 rings (SSSR count). The Kier molecular flexibility index (Phi) is 5.53. The van der Waals surface area contributed by atoms with Crippen molar-refractivity contribution in [1.29, 1.82) is 0 Å². The fraction of sp³-hybridized carbons (Fsp3) is 0.500. The molecular formula is C14H20BrFN2O2. The Morgan fingerprint density at radius 2 is 2.05 bits per heavy atom. The van der Waals surface area contributed by atoms with E-state index in [-0.39, 0.29) is 15.5 Å². The zero-order valence-electron chi connectivity index (χ0n) is 12.1. The van der Waals surface area contributed by atoms with Gasteiger partial charge in [0.15, 0.2) is 5.82 Å². The van der Waals surface area contributed by atoms with Crippen LogP contribution in [0.15, 0.2) is 16.6 Å². The van der Waals surface area contributed by atoms with E-state index in [1.165, 1.54) is 12.1 Å². The summed E-state index contributed by atoms with van der Waals surface area (Å²) in [5.41, 5.74) is 0.183. The fourth-order valence-electron chi connectivity index (χ4n) is 2.10. The Morgan fingerprint density at radius 3 is 2.55 bits per heavy atom. The van der Waals surface area contributed by atoms with Crippen molar-refractivity contribution in [3.8, 4) is 0 Å². The molecule has 0 saturated heterocycles. The lowest BCUT2D eigenvalue weighted by atomic mass is 9.93. The Bertz CT molecular complexity index is 504.